The lowest BCUT2D eigenvalue weighted by Gasteiger charge is -2.26. The van der Waals surface area contributed by atoms with Crippen molar-refractivity contribution >= 4 is 33.4 Å². The fourth-order valence-electron chi connectivity index (χ4n) is 2.28. The van der Waals surface area contributed by atoms with Gasteiger partial charge in [-0.2, -0.15) is 12.7 Å². The molecule has 0 fully saturated rings. The van der Waals surface area contributed by atoms with Gasteiger partial charge in [0.25, 0.3) is 0 Å². The molecule has 2 aromatic rings. The largest absolute Gasteiger partial charge is 0.354 e. The second-order valence-electron chi connectivity index (χ2n) is 5.86. The Bertz CT molecular complexity index is 825. The standard InChI is InChI=1S/C18H22ClN3O3S/c1-21(2)26(24,25)22(17-6-4-3-5-7-17)14-18(23)20-13-12-15-8-10-16(19)11-9-15/h3-11H,12-14H2,1-2H3,(H,20,23). The molecule has 2 rings (SSSR count). The Labute approximate surface area is 159 Å². The number of nitrogens with zero attached hydrogens (tertiary/aromatic N) is 2. The van der Waals surface area contributed by atoms with Crippen molar-refractivity contribution in [2.75, 3.05) is 31.5 Å². The van der Waals surface area contributed by atoms with Gasteiger partial charge >= 0.3 is 10.2 Å². The van der Waals surface area contributed by atoms with Crippen molar-refractivity contribution in [3.63, 3.8) is 0 Å². The predicted molar refractivity (Wildman–Crippen MR) is 105 cm³/mol. The lowest BCUT2D eigenvalue weighted by Crippen LogP contribution is -2.46. The number of amides is 1. The van der Waals surface area contributed by atoms with Crippen LogP contribution in [0.4, 0.5) is 5.69 Å². The van der Waals surface area contributed by atoms with E-state index in [1.165, 1.54) is 14.1 Å². The molecule has 1 amide bonds. The zero-order valence-electron chi connectivity index (χ0n) is 14.7. The Balaban J connectivity index is 2.01. The molecule has 0 saturated carbocycles. The van der Waals surface area contributed by atoms with Crippen LogP contribution in [0.3, 0.4) is 0 Å². The quantitative estimate of drug-likeness (QED) is 0.745. The second-order valence-corrected chi connectivity index (χ2v) is 8.36. The van der Waals surface area contributed by atoms with Gasteiger partial charge in [0.15, 0.2) is 0 Å². The average molecular weight is 396 g/mol. The van der Waals surface area contributed by atoms with E-state index in [9.17, 15) is 13.2 Å². The van der Waals surface area contributed by atoms with E-state index < -0.39 is 10.2 Å². The lowest BCUT2D eigenvalue weighted by molar-refractivity contribution is -0.119. The van der Waals surface area contributed by atoms with Gasteiger partial charge in [-0.1, -0.05) is 41.9 Å². The number of carbonyl (C=O) groups excluding carboxylic acids is 1. The molecule has 0 unspecified atom stereocenters. The molecular weight excluding hydrogens is 374 g/mol. The maximum absolute atomic E-state index is 12.6. The zero-order chi connectivity index (χ0) is 19.2. The van der Waals surface area contributed by atoms with E-state index in [-0.39, 0.29) is 12.5 Å². The van der Waals surface area contributed by atoms with Crippen LogP contribution in [0.15, 0.2) is 54.6 Å². The number of hydrogen-bond acceptors (Lipinski definition) is 3. The van der Waals surface area contributed by atoms with Gasteiger partial charge in [0.1, 0.15) is 6.54 Å². The van der Waals surface area contributed by atoms with Crippen molar-refractivity contribution in [2.45, 2.75) is 6.42 Å². The van der Waals surface area contributed by atoms with Gasteiger partial charge in [-0.15, -0.1) is 0 Å². The molecule has 140 valence electrons. The molecule has 0 radical (unpaired) electrons. The number of benzene rings is 2. The molecule has 8 heteroatoms. The number of rotatable bonds is 8. The number of para-hydroxylation sites is 1. The second kappa shape index (κ2) is 9.02. The summed E-state index contributed by atoms with van der Waals surface area (Å²) in [5, 5.41) is 3.42. The van der Waals surface area contributed by atoms with Crippen LogP contribution in [0.25, 0.3) is 0 Å². The van der Waals surface area contributed by atoms with E-state index in [2.05, 4.69) is 5.32 Å². The molecule has 26 heavy (non-hydrogen) atoms. The van der Waals surface area contributed by atoms with Crippen LogP contribution in [0, 0.1) is 0 Å². The Hall–Kier alpha value is -2.09. The first-order valence-corrected chi connectivity index (χ1v) is 9.84. The fourth-order valence-corrected chi connectivity index (χ4v) is 3.47. The van der Waals surface area contributed by atoms with Crippen molar-refractivity contribution in [2.24, 2.45) is 0 Å². The predicted octanol–water partition coefficient (Wildman–Crippen LogP) is 2.31. The summed E-state index contributed by atoms with van der Waals surface area (Å²) in [6.07, 6.45) is 0.634. The zero-order valence-corrected chi connectivity index (χ0v) is 16.3. The van der Waals surface area contributed by atoms with E-state index in [0.29, 0.717) is 23.7 Å². The van der Waals surface area contributed by atoms with E-state index in [4.69, 9.17) is 11.6 Å². The van der Waals surface area contributed by atoms with Crippen molar-refractivity contribution in [1.29, 1.82) is 0 Å². The van der Waals surface area contributed by atoms with E-state index in [1.54, 1.807) is 42.5 Å². The van der Waals surface area contributed by atoms with E-state index in [0.717, 1.165) is 14.2 Å². The molecule has 0 aliphatic heterocycles. The SMILES string of the molecule is CN(C)S(=O)(=O)N(CC(=O)NCCc1ccc(Cl)cc1)c1ccccc1. The van der Waals surface area contributed by atoms with Crippen LogP contribution >= 0.6 is 11.6 Å². The molecule has 0 aromatic heterocycles. The minimum absolute atomic E-state index is 0.287. The highest BCUT2D eigenvalue weighted by Crippen LogP contribution is 2.18. The third-order valence-electron chi connectivity index (χ3n) is 3.72. The van der Waals surface area contributed by atoms with Crippen molar-refractivity contribution < 1.29 is 13.2 Å². The summed E-state index contributed by atoms with van der Waals surface area (Å²) in [7, 11) is -0.909. The third-order valence-corrected chi connectivity index (χ3v) is 5.79. The highest BCUT2D eigenvalue weighted by Gasteiger charge is 2.26. The van der Waals surface area contributed by atoms with Crippen molar-refractivity contribution in [3.8, 4) is 0 Å². The topological polar surface area (TPSA) is 69.7 Å². The van der Waals surface area contributed by atoms with Crippen LogP contribution in [0.5, 0.6) is 0 Å². The molecule has 0 aliphatic carbocycles. The molecule has 0 bridgehead atoms. The maximum atomic E-state index is 12.6. The van der Waals surface area contributed by atoms with Crippen LogP contribution < -0.4 is 9.62 Å². The van der Waals surface area contributed by atoms with E-state index >= 15 is 0 Å². The summed E-state index contributed by atoms with van der Waals surface area (Å²) >= 11 is 5.84. The number of anilines is 1. The van der Waals surface area contributed by atoms with Gasteiger partial charge in [0.2, 0.25) is 5.91 Å². The monoisotopic (exact) mass is 395 g/mol. The Kier molecular flexibility index (Phi) is 7.02. The van der Waals surface area contributed by atoms with E-state index in [1.807, 2.05) is 12.1 Å². The summed E-state index contributed by atoms with van der Waals surface area (Å²) in [5.41, 5.74) is 1.48. The highest BCUT2D eigenvalue weighted by molar-refractivity contribution is 7.90. The Morgan fingerprint density at radius 3 is 2.23 bits per heavy atom. The molecule has 1 N–H and O–H groups in total. The maximum Gasteiger partial charge on any atom is 0.304 e. The number of hydrogen-bond donors (Lipinski definition) is 1. The summed E-state index contributed by atoms with van der Waals surface area (Å²) in [6.45, 7) is 0.121. The molecule has 6 nitrogen and oxygen atoms in total. The first-order chi connectivity index (χ1) is 12.3. The average Bonchev–Trinajstić information content (AvgIpc) is 2.62. The summed E-state index contributed by atoms with van der Waals surface area (Å²) < 4.78 is 27.3. The molecule has 0 aliphatic rings. The fraction of sp³-hybridized carbons (Fsp3) is 0.278. The van der Waals surface area contributed by atoms with Crippen LogP contribution in [-0.2, 0) is 21.4 Å². The van der Waals surface area contributed by atoms with Gasteiger partial charge in [-0.3, -0.25) is 4.79 Å². The van der Waals surface area contributed by atoms with Crippen LogP contribution in [-0.4, -0.2) is 45.8 Å². The summed E-state index contributed by atoms with van der Waals surface area (Å²) in [4.78, 5) is 12.3. The lowest BCUT2D eigenvalue weighted by atomic mass is 10.1. The third kappa shape index (κ3) is 5.45. The summed E-state index contributed by atoms with van der Waals surface area (Å²) in [5.74, 6) is -0.367. The first kappa shape index (κ1) is 20.2. The molecule has 0 atom stereocenters. The minimum atomic E-state index is -3.78. The minimum Gasteiger partial charge on any atom is -0.354 e. The molecular formula is C18H22ClN3O3S. The number of halogens is 1. The number of carbonyl (C=O) groups is 1. The van der Waals surface area contributed by atoms with Gasteiger partial charge in [-0.05, 0) is 36.2 Å². The Morgan fingerprint density at radius 2 is 1.65 bits per heavy atom. The Morgan fingerprint density at radius 1 is 1.04 bits per heavy atom. The molecule has 0 saturated heterocycles. The molecule has 0 heterocycles. The first-order valence-electron chi connectivity index (χ1n) is 8.07. The summed E-state index contributed by atoms with van der Waals surface area (Å²) in [6, 6.07) is 15.9. The van der Waals surface area contributed by atoms with Crippen molar-refractivity contribution in [1.82, 2.24) is 9.62 Å². The molecule has 0 spiro atoms. The van der Waals surface area contributed by atoms with Crippen LogP contribution in [0.2, 0.25) is 5.02 Å². The normalized spacial score (nSPS) is 11.4. The van der Waals surface area contributed by atoms with Crippen molar-refractivity contribution in [3.05, 3.63) is 65.2 Å². The highest BCUT2D eigenvalue weighted by atomic mass is 35.5. The smallest absolute Gasteiger partial charge is 0.304 e. The van der Waals surface area contributed by atoms with Gasteiger partial charge in [0, 0.05) is 25.7 Å². The van der Waals surface area contributed by atoms with Gasteiger partial charge in [0.05, 0.1) is 5.69 Å². The molecule has 2 aromatic carbocycles. The van der Waals surface area contributed by atoms with Gasteiger partial charge in [-0.25, -0.2) is 4.31 Å². The number of nitrogens with one attached hydrogen (secondary N) is 1. The van der Waals surface area contributed by atoms with Crippen LogP contribution in [0.1, 0.15) is 5.56 Å². The van der Waals surface area contributed by atoms with Gasteiger partial charge < -0.3 is 5.32 Å².